The topological polar surface area (TPSA) is 0 Å². The van der Waals surface area contributed by atoms with Crippen molar-refractivity contribution in [2.24, 2.45) is 0 Å². The molecule has 0 aromatic carbocycles. The predicted octanol–water partition coefficient (Wildman–Crippen LogP) is 2.75. The van der Waals surface area contributed by atoms with Crippen molar-refractivity contribution in [3.05, 3.63) is 22.6 Å². The van der Waals surface area contributed by atoms with E-state index in [0.717, 1.165) is 0 Å². The Balaban J connectivity index is 2.66. The molecule has 0 N–H and O–H groups in total. The van der Waals surface area contributed by atoms with E-state index in [9.17, 15) is 0 Å². The van der Waals surface area contributed by atoms with Crippen molar-refractivity contribution < 1.29 is 0 Å². The first-order valence-corrected chi connectivity index (χ1v) is 10.8. The van der Waals surface area contributed by atoms with Gasteiger partial charge in [-0.15, -0.1) is 0 Å². The summed E-state index contributed by atoms with van der Waals surface area (Å²) in [7, 11) is 0. The molecule has 50 valence electrons. The molecule has 1 rings (SSSR count). The second kappa shape index (κ2) is 2.33. The minimum atomic E-state index is -1.38. The molecule has 1 aliphatic rings. The van der Waals surface area contributed by atoms with E-state index in [-0.39, 0.29) is 0 Å². The van der Waals surface area contributed by atoms with E-state index in [2.05, 4.69) is 35.5 Å². The molecule has 0 aromatic heterocycles. The van der Waals surface area contributed by atoms with E-state index in [1.165, 1.54) is 6.42 Å². The van der Waals surface area contributed by atoms with Gasteiger partial charge in [-0.25, -0.2) is 0 Å². The maximum absolute atomic E-state index is 2.44. The second-order valence-corrected chi connectivity index (χ2v) is 14.4. The maximum atomic E-state index is 2.44. The van der Waals surface area contributed by atoms with E-state index in [1.54, 1.807) is 4.41 Å². The fraction of sp³-hybridized carbons (Fsp3) is 0.500. The Morgan fingerprint density at radius 2 is 2.00 bits per heavy atom. The molecular formula is C8H14Ge. The molecule has 1 aliphatic carbocycles. The van der Waals surface area contributed by atoms with Gasteiger partial charge in [-0.3, -0.25) is 0 Å². The van der Waals surface area contributed by atoms with Crippen molar-refractivity contribution in [3.63, 3.8) is 0 Å². The Labute approximate surface area is 60.0 Å². The molecule has 0 atom stereocenters. The molecule has 0 saturated carbocycles. The Morgan fingerprint density at radius 1 is 1.33 bits per heavy atom. The molecule has 9 heavy (non-hydrogen) atoms. The van der Waals surface area contributed by atoms with Crippen LogP contribution in [0, 0.1) is 0 Å². The predicted molar refractivity (Wildman–Crippen MR) is 45.2 cm³/mol. The number of rotatable bonds is 1. The van der Waals surface area contributed by atoms with Crippen molar-refractivity contribution >= 4 is 13.3 Å². The van der Waals surface area contributed by atoms with Gasteiger partial charge in [0.15, 0.2) is 0 Å². The van der Waals surface area contributed by atoms with Crippen molar-refractivity contribution in [2.75, 3.05) is 0 Å². The van der Waals surface area contributed by atoms with Gasteiger partial charge in [0.25, 0.3) is 0 Å². The van der Waals surface area contributed by atoms with Crippen LogP contribution in [0.3, 0.4) is 0 Å². The van der Waals surface area contributed by atoms with Gasteiger partial charge in [-0.1, -0.05) is 0 Å². The Hall–Kier alpha value is 0.0229. The third-order valence-corrected chi connectivity index (χ3v) is 6.55. The van der Waals surface area contributed by atoms with Crippen molar-refractivity contribution in [1.29, 1.82) is 0 Å². The monoisotopic (exact) mass is 184 g/mol. The normalized spacial score (nSPS) is 18.3. The van der Waals surface area contributed by atoms with Crippen molar-refractivity contribution in [2.45, 2.75) is 23.7 Å². The molecule has 0 aromatic rings. The van der Waals surface area contributed by atoms with Gasteiger partial charge in [-0.2, -0.15) is 0 Å². The number of allylic oxidation sites excluding steroid dienone is 4. The summed E-state index contributed by atoms with van der Waals surface area (Å²) >= 11 is -1.38. The molecule has 0 saturated heterocycles. The molecule has 0 nitrogen and oxygen atoms in total. The molecule has 0 aliphatic heterocycles. The van der Waals surface area contributed by atoms with Crippen LogP contribution in [0.5, 0.6) is 0 Å². The average Bonchev–Trinajstić information content (AvgIpc) is 2.08. The van der Waals surface area contributed by atoms with Crippen LogP contribution in [-0.4, -0.2) is 13.3 Å². The van der Waals surface area contributed by atoms with Crippen molar-refractivity contribution in [3.8, 4) is 0 Å². The van der Waals surface area contributed by atoms with Crippen molar-refractivity contribution in [1.82, 2.24) is 0 Å². The molecule has 0 fully saturated rings. The van der Waals surface area contributed by atoms with Gasteiger partial charge in [0, 0.05) is 0 Å². The zero-order valence-corrected chi connectivity index (χ0v) is 8.54. The van der Waals surface area contributed by atoms with E-state index in [1.807, 2.05) is 0 Å². The van der Waals surface area contributed by atoms with Crippen LogP contribution >= 0.6 is 0 Å². The van der Waals surface area contributed by atoms with Gasteiger partial charge in [-0.05, 0) is 0 Å². The van der Waals surface area contributed by atoms with Gasteiger partial charge in [0.1, 0.15) is 0 Å². The first kappa shape index (κ1) is 7.13. The summed E-state index contributed by atoms with van der Waals surface area (Å²) in [4.78, 5) is 0. The molecular weight excluding hydrogens is 169 g/mol. The summed E-state index contributed by atoms with van der Waals surface area (Å²) in [5, 5.41) is 0. The third-order valence-electron chi connectivity index (χ3n) is 1.73. The summed E-state index contributed by atoms with van der Waals surface area (Å²) in [6.07, 6.45) is 7.99. The quantitative estimate of drug-likeness (QED) is 0.548. The summed E-state index contributed by atoms with van der Waals surface area (Å²) in [6.45, 7) is 0. The van der Waals surface area contributed by atoms with E-state index < -0.39 is 13.3 Å². The summed E-state index contributed by atoms with van der Waals surface area (Å²) in [5.41, 5.74) is 0. The molecule has 0 bridgehead atoms. The van der Waals surface area contributed by atoms with E-state index in [0.29, 0.717) is 0 Å². The van der Waals surface area contributed by atoms with Crippen LogP contribution < -0.4 is 0 Å². The first-order valence-electron chi connectivity index (χ1n) is 3.47. The second-order valence-electron chi connectivity index (χ2n) is 3.57. The zero-order valence-electron chi connectivity index (χ0n) is 6.44. The van der Waals surface area contributed by atoms with Crippen LogP contribution in [0.25, 0.3) is 0 Å². The summed E-state index contributed by atoms with van der Waals surface area (Å²) in [6, 6.07) is 0. The fourth-order valence-electron chi connectivity index (χ4n) is 1.00. The Morgan fingerprint density at radius 3 is 2.22 bits per heavy atom. The van der Waals surface area contributed by atoms with Crippen LogP contribution in [0.2, 0.25) is 17.3 Å². The van der Waals surface area contributed by atoms with Crippen LogP contribution in [-0.2, 0) is 0 Å². The molecule has 0 unspecified atom stereocenters. The van der Waals surface area contributed by atoms with Crippen LogP contribution in [0.4, 0.5) is 0 Å². The van der Waals surface area contributed by atoms with Crippen LogP contribution in [0.15, 0.2) is 22.6 Å². The first-order chi connectivity index (χ1) is 4.11. The van der Waals surface area contributed by atoms with Gasteiger partial charge in [0.05, 0.1) is 0 Å². The molecule has 0 spiro atoms. The molecule has 0 radical (unpaired) electrons. The molecule has 0 heterocycles. The average molecular weight is 183 g/mol. The van der Waals surface area contributed by atoms with Gasteiger partial charge >= 0.3 is 59.6 Å². The summed E-state index contributed by atoms with van der Waals surface area (Å²) in [5.74, 6) is 7.33. The fourth-order valence-corrected chi connectivity index (χ4v) is 3.79. The zero-order chi connectivity index (χ0) is 6.91. The van der Waals surface area contributed by atoms with Gasteiger partial charge in [0.2, 0.25) is 0 Å². The number of hydrogen-bond donors (Lipinski definition) is 0. The van der Waals surface area contributed by atoms with E-state index >= 15 is 0 Å². The molecule has 0 amide bonds. The Kier molecular flexibility index (Phi) is 1.85. The Bertz CT molecular complexity index is 158. The van der Waals surface area contributed by atoms with Crippen LogP contribution in [0.1, 0.15) is 6.42 Å². The standard InChI is InChI=1S/C8H14Ge/c1-9(2,3)8-6-4-5-7-8/h4-6H,7H2,1-3H3. The third kappa shape index (κ3) is 1.72. The molecule has 1 heteroatoms. The SMILES string of the molecule is [CH3][Ge]([CH3])([CH3])[C]1=CC=CC1. The minimum absolute atomic E-state index is 1.24. The summed E-state index contributed by atoms with van der Waals surface area (Å²) < 4.78 is 1.73. The van der Waals surface area contributed by atoms with Gasteiger partial charge < -0.3 is 0 Å². The van der Waals surface area contributed by atoms with E-state index in [4.69, 9.17) is 0 Å². The number of hydrogen-bond acceptors (Lipinski definition) is 0.